The third kappa shape index (κ3) is 3.08. The molecule has 0 fully saturated rings. The third-order valence-electron chi connectivity index (χ3n) is 3.20. The Hall–Kier alpha value is -1.52. The van der Waals surface area contributed by atoms with E-state index in [0.29, 0.717) is 11.2 Å². The van der Waals surface area contributed by atoms with E-state index in [2.05, 4.69) is 42.9 Å². The van der Waals surface area contributed by atoms with Crippen LogP contribution in [0.2, 0.25) is 0 Å². The molecular formula is C15H18N2OS. The zero-order chi connectivity index (χ0) is 14.0. The molecule has 0 radical (unpaired) electrons. The van der Waals surface area contributed by atoms with Gasteiger partial charge in [0.25, 0.3) is 0 Å². The van der Waals surface area contributed by atoms with E-state index in [4.69, 9.17) is 17.0 Å². The van der Waals surface area contributed by atoms with Gasteiger partial charge in [-0.1, -0.05) is 18.3 Å². The Morgan fingerprint density at radius 2 is 1.79 bits per heavy atom. The summed E-state index contributed by atoms with van der Waals surface area (Å²) >= 11 is 5.22. The molecular weight excluding hydrogens is 256 g/mol. The van der Waals surface area contributed by atoms with Gasteiger partial charge in [-0.2, -0.15) is 0 Å². The highest BCUT2D eigenvalue weighted by Gasteiger charge is 2.07. The Kier molecular flexibility index (Phi) is 4.12. The van der Waals surface area contributed by atoms with Gasteiger partial charge in [0.1, 0.15) is 17.1 Å². The van der Waals surface area contributed by atoms with E-state index >= 15 is 0 Å². The molecule has 2 aromatic rings. The van der Waals surface area contributed by atoms with Crippen molar-refractivity contribution >= 4 is 12.2 Å². The van der Waals surface area contributed by atoms with Crippen LogP contribution >= 0.6 is 12.2 Å². The predicted molar refractivity (Wildman–Crippen MR) is 79.8 cm³/mol. The Balaban J connectivity index is 2.58. The van der Waals surface area contributed by atoms with E-state index in [-0.39, 0.29) is 0 Å². The Bertz CT molecular complexity index is 662. The summed E-state index contributed by atoms with van der Waals surface area (Å²) in [5.74, 6) is 0.752. The smallest absolute Gasteiger partial charge is 0.134 e. The van der Waals surface area contributed by atoms with Gasteiger partial charge in [0.15, 0.2) is 0 Å². The zero-order valence-electron chi connectivity index (χ0n) is 11.7. The van der Waals surface area contributed by atoms with E-state index in [1.807, 2.05) is 6.07 Å². The minimum atomic E-state index is 0.432. The highest BCUT2D eigenvalue weighted by atomic mass is 32.1. The summed E-state index contributed by atoms with van der Waals surface area (Å²) in [6.45, 7) is 6.78. The molecule has 1 aromatic heterocycles. The van der Waals surface area contributed by atoms with E-state index in [1.54, 1.807) is 7.11 Å². The number of methoxy groups -OCH3 is 1. The van der Waals surface area contributed by atoms with Crippen molar-refractivity contribution in [1.82, 2.24) is 9.97 Å². The van der Waals surface area contributed by atoms with Crippen molar-refractivity contribution in [3.63, 3.8) is 0 Å². The number of hydrogen-bond acceptors (Lipinski definition) is 3. The largest absolute Gasteiger partial charge is 0.377 e. The van der Waals surface area contributed by atoms with Gasteiger partial charge in [-0.05, 0) is 49.6 Å². The maximum Gasteiger partial charge on any atom is 0.134 e. The van der Waals surface area contributed by atoms with Crippen LogP contribution in [0.15, 0.2) is 18.2 Å². The number of H-pyrrole nitrogens is 1. The molecule has 0 saturated carbocycles. The number of hydrogen-bond donors (Lipinski definition) is 1. The molecule has 0 aliphatic carbocycles. The van der Waals surface area contributed by atoms with Crippen molar-refractivity contribution < 1.29 is 4.74 Å². The van der Waals surface area contributed by atoms with Crippen molar-refractivity contribution in [1.29, 1.82) is 0 Å². The molecule has 100 valence electrons. The molecule has 1 heterocycles. The molecule has 0 aliphatic heterocycles. The average Bonchev–Trinajstić information content (AvgIpc) is 2.33. The number of nitrogens with zero attached hydrogens (tertiary/aromatic N) is 1. The first-order valence-electron chi connectivity index (χ1n) is 6.18. The molecule has 2 rings (SSSR count). The third-order valence-corrected chi connectivity index (χ3v) is 3.41. The topological polar surface area (TPSA) is 37.9 Å². The Morgan fingerprint density at radius 3 is 2.47 bits per heavy atom. The second-order valence-corrected chi connectivity index (χ2v) is 5.18. The van der Waals surface area contributed by atoms with Gasteiger partial charge >= 0.3 is 0 Å². The molecule has 0 unspecified atom stereocenters. The van der Waals surface area contributed by atoms with Crippen LogP contribution in [0.3, 0.4) is 0 Å². The number of rotatable bonds is 3. The molecule has 19 heavy (non-hydrogen) atoms. The summed E-state index contributed by atoms with van der Waals surface area (Å²) in [6, 6.07) is 6.27. The SMILES string of the molecule is COCc1nc(=S)cc(-c2cc(C)c(C)cc2C)[nH]1. The first-order valence-corrected chi connectivity index (χ1v) is 6.59. The number of aromatic nitrogens is 2. The molecule has 1 N–H and O–H groups in total. The fraction of sp³-hybridized carbons (Fsp3) is 0.333. The van der Waals surface area contributed by atoms with E-state index in [0.717, 1.165) is 17.1 Å². The highest BCUT2D eigenvalue weighted by molar-refractivity contribution is 7.71. The van der Waals surface area contributed by atoms with Crippen LogP contribution in [0.25, 0.3) is 11.3 Å². The molecule has 0 spiro atoms. The zero-order valence-corrected chi connectivity index (χ0v) is 12.5. The van der Waals surface area contributed by atoms with Gasteiger partial charge in [0.2, 0.25) is 0 Å². The summed E-state index contributed by atoms with van der Waals surface area (Å²) < 4.78 is 5.69. The van der Waals surface area contributed by atoms with Crippen molar-refractivity contribution in [2.75, 3.05) is 7.11 Å². The minimum Gasteiger partial charge on any atom is -0.377 e. The highest BCUT2D eigenvalue weighted by Crippen LogP contribution is 2.25. The average molecular weight is 274 g/mol. The monoisotopic (exact) mass is 274 g/mol. The fourth-order valence-electron chi connectivity index (χ4n) is 2.11. The number of ether oxygens (including phenoxy) is 1. The van der Waals surface area contributed by atoms with Crippen LogP contribution in [0.4, 0.5) is 0 Å². The van der Waals surface area contributed by atoms with Crippen molar-refractivity contribution in [3.05, 3.63) is 45.4 Å². The quantitative estimate of drug-likeness (QED) is 0.863. The van der Waals surface area contributed by atoms with Crippen molar-refractivity contribution in [3.8, 4) is 11.3 Å². The van der Waals surface area contributed by atoms with Crippen LogP contribution in [-0.4, -0.2) is 17.1 Å². The summed E-state index contributed by atoms with van der Waals surface area (Å²) in [5.41, 5.74) is 5.95. The molecule has 0 bridgehead atoms. The molecule has 4 heteroatoms. The van der Waals surface area contributed by atoms with Crippen molar-refractivity contribution in [2.24, 2.45) is 0 Å². The lowest BCUT2D eigenvalue weighted by molar-refractivity contribution is 0.177. The predicted octanol–water partition coefficient (Wildman–Crippen LogP) is 3.88. The fourth-order valence-corrected chi connectivity index (χ4v) is 2.34. The standard InChI is InChI=1S/C15H18N2OS/c1-9-5-11(3)12(6-10(9)2)13-7-15(19)17-14(16-13)8-18-4/h5-7H,8H2,1-4H3,(H,16,17,19). The number of nitrogens with one attached hydrogen (secondary N) is 1. The maximum absolute atomic E-state index is 5.22. The van der Waals surface area contributed by atoms with E-state index in [1.165, 1.54) is 16.7 Å². The number of aromatic amines is 1. The van der Waals surface area contributed by atoms with Crippen LogP contribution in [0.1, 0.15) is 22.5 Å². The molecule has 1 aromatic carbocycles. The normalized spacial score (nSPS) is 10.7. The first-order chi connectivity index (χ1) is 9.01. The van der Waals surface area contributed by atoms with Crippen LogP contribution < -0.4 is 0 Å². The van der Waals surface area contributed by atoms with Gasteiger partial charge in [-0.3, -0.25) is 0 Å². The van der Waals surface area contributed by atoms with Crippen LogP contribution in [0.5, 0.6) is 0 Å². The second kappa shape index (κ2) is 5.63. The number of aryl methyl sites for hydroxylation is 3. The lowest BCUT2D eigenvalue weighted by Crippen LogP contribution is -2.00. The summed E-state index contributed by atoms with van der Waals surface area (Å²) in [7, 11) is 1.65. The van der Waals surface area contributed by atoms with Gasteiger partial charge < -0.3 is 9.72 Å². The molecule has 3 nitrogen and oxygen atoms in total. The Morgan fingerprint density at radius 1 is 1.11 bits per heavy atom. The summed E-state index contributed by atoms with van der Waals surface area (Å²) in [5, 5.41) is 0. The van der Waals surface area contributed by atoms with Crippen molar-refractivity contribution in [2.45, 2.75) is 27.4 Å². The minimum absolute atomic E-state index is 0.432. The molecule has 0 atom stereocenters. The molecule has 0 aliphatic rings. The van der Waals surface area contributed by atoms with Gasteiger partial charge in [0.05, 0.1) is 5.69 Å². The molecule has 0 amide bonds. The molecule has 0 saturated heterocycles. The lowest BCUT2D eigenvalue weighted by atomic mass is 9.99. The van der Waals surface area contributed by atoms with Gasteiger partial charge in [-0.15, -0.1) is 0 Å². The summed E-state index contributed by atoms with van der Waals surface area (Å²) in [6.07, 6.45) is 0. The Labute approximate surface area is 118 Å². The second-order valence-electron chi connectivity index (χ2n) is 4.76. The van der Waals surface area contributed by atoms with Crippen LogP contribution in [0, 0.1) is 25.4 Å². The lowest BCUT2D eigenvalue weighted by Gasteiger charge is -2.11. The van der Waals surface area contributed by atoms with Gasteiger partial charge in [0, 0.05) is 12.7 Å². The number of benzene rings is 1. The van der Waals surface area contributed by atoms with Crippen LogP contribution in [-0.2, 0) is 11.3 Å². The van der Waals surface area contributed by atoms with Gasteiger partial charge in [-0.25, -0.2) is 4.98 Å². The maximum atomic E-state index is 5.22. The van der Waals surface area contributed by atoms with E-state index < -0.39 is 0 Å². The van der Waals surface area contributed by atoms with E-state index in [9.17, 15) is 0 Å². The summed E-state index contributed by atoms with van der Waals surface area (Å²) in [4.78, 5) is 7.54. The first kappa shape index (κ1) is 13.9.